The van der Waals surface area contributed by atoms with Crippen LogP contribution in [-0.4, -0.2) is 23.8 Å². The molecule has 2 amide bonds. The van der Waals surface area contributed by atoms with Gasteiger partial charge in [-0.05, 0) is 60.1 Å². The third-order valence-electron chi connectivity index (χ3n) is 2.44. The van der Waals surface area contributed by atoms with Crippen LogP contribution in [0.1, 0.15) is 20.3 Å². The maximum absolute atomic E-state index is 11.6. The third kappa shape index (κ3) is 6.20. The van der Waals surface area contributed by atoms with Gasteiger partial charge in [0.2, 0.25) is 0 Å². The zero-order valence-electron chi connectivity index (χ0n) is 10.6. The molecule has 2 unspecified atom stereocenters. The van der Waals surface area contributed by atoms with Crippen molar-refractivity contribution in [3.05, 3.63) is 27.8 Å². The monoisotopic (exact) mass is 362 g/mol. The highest BCUT2D eigenvalue weighted by atomic mass is 127. The van der Waals surface area contributed by atoms with Gasteiger partial charge in [-0.25, -0.2) is 4.79 Å². The molecule has 1 aromatic rings. The van der Waals surface area contributed by atoms with Crippen LogP contribution >= 0.6 is 22.6 Å². The number of amides is 2. The number of halogens is 1. The number of carbonyl (C=O) groups is 1. The van der Waals surface area contributed by atoms with Crippen LogP contribution in [0, 0.1) is 9.49 Å². The Morgan fingerprint density at radius 2 is 2.17 bits per heavy atom. The highest BCUT2D eigenvalue weighted by Gasteiger charge is 2.08. The first kappa shape index (κ1) is 15.2. The van der Waals surface area contributed by atoms with Crippen LogP contribution in [0.15, 0.2) is 24.3 Å². The molecule has 3 N–H and O–H groups in total. The predicted molar refractivity (Wildman–Crippen MR) is 81.6 cm³/mol. The normalized spacial score (nSPS) is 13.8. The standard InChI is InChI=1S/C13H19IN2O2/c1-9(6-10(2)17)8-15-13(18)16-12-5-3-4-11(14)7-12/h3-5,7,9-10,17H,6,8H2,1-2H3,(H2,15,16,18). The molecule has 4 nitrogen and oxygen atoms in total. The molecule has 0 radical (unpaired) electrons. The fraction of sp³-hybridized carbons (Fsp3) is 0.462. The van der Waals surface area contributed by atoms with Crippen LogP contribution in [0.5, 0.6) is 0 Å². The smallest absolute Gasteiger partial charge is 0.319 e. The zero-order chi connectivity index (χ0) is 13.5. The highest BCUT2D eigenvalue weighted by Crippen LogP contribution is 2.12. The van der Waals surface area contributed by atoms with Crippen LogP contribution in [-0.2, 0) is 0 Å². The van der Waals surface area contributed by atoms with Crippen molar-refractivity contribution >= 4 is 34.3 Å². The summed E-state index contributed by atoms with van der Waals surface area (Å²) in [6.45, 7) is 4.31. The fourth-order valence-corrected chi connectivity index (χ4v) is 2.22. The minimum absolute atomic E-state index is 0.213. The second-order valence-electron chi connectivity index (χ2n) is 4.54. The Morgan fingerprint density at radius 1 is 1.44 bits per heavy atom. The third-order valence-corrected chi connectivity index (χ3v) is 3.11. The van der Waals surface area contributed by atoms with Gasteiger partial charge in [-0.1, -0.05) is 13.0 Å². The van der Waals surface area contributed by atoms with E-state index in [1.54, 1.807) is 6.92 Å². The van der Waals surface area contributed by atoms with E-state index in [-0.39, 0.29) is 18.1 Å². The summed E-state index contributed by atoms with van der Waals surface area (Å²) in [6, 6.07) is 7.40. The Kier molecular flexibility index (Phi) is 6.42. The lowest BCUT2D eigenvalue weighted by atomic mass is 10.1. The van der Waals surface area contributed by atoms with E-state index >= 15 is 0 Å². The molecule has 0 aliphatic rings. The number of aliphatic hydroxyl groups excluding tert-OH is 1. The van der Waals surface area contributed by atoms with E-state index in [0.29, 0.717) is 13.0 Å². The maximum atomic E-state index is 11.6. The molecule has 1 aromatic carbocycles. The van der Waals surface area contributed by atoms with Crippen molar-refractivity contribution in [2.24, 2.45) is 5.92 Å². The van der Waals surface area contributed by atoms with Crippen molar-refractivity contribution in [2.75, 3.05) is 11.9 Å². The second-order valence-corrected chi connectivity index (χ2v) is 5.78. The Bertz CT molecular complexity index is 396. The summed E-state index contributed by atoms with van der Waals surface area (Å²) < 4.78 is 1.08. The molecule has 0 heterocycles. The van der Waals surface area contributed by atoms with Crippen LogP contribution in [0.3, 0.4) is 0 Å². The number of nitrogens with one attached hydrogen (secondary N) is 2. The molecule has 100 valence electrons. The lowest BCUT2D eigenvalue weighted by Crippen LogP contribution is -2.33. The van der Waals surface area contributed by atoms with Crippen molar-refractivity contribution in [3.63, 3.8) is 0 Å². The highest BCUT2D eigenvalue weighted by molar-refractivity contribution is 14.1. The van der Waals surface area contributed by atoms with Gasteiger partial charge < -0.3 is 15.7 Å². The number of carbonyl (C=O) groups excluding carboxylic acids is 1. The first-order valence-corrected chi connectivity index (χ1v) is 7.03. The summed E-state index contributed by atoms with van der Waals surface area (Å²) in [5.41, 5.74) is 0.780. The summed E-state index contributed by atoms with van der Waals surface area (Å²) in [4.78, 5) is 11.6. The SMILES string of the molecule is CC(O)CC(C)CNC(=O)Nc1cccc(I)c1. The molecule has 5 heteroatoms. The molecule has 2 atom stereocenters. The molecule has 0 aromatic heterocycles. The van der Waals surface area contributed by atoms with E-state index in [1.807, 2.05) is 31.2 Å². The van der Waals surface area contributed by atoms with Gasteiger partial charge in [0.15, 0.2) is 0 Å². The molecule has 1 rings (SSSR count). The van der Waals surface area contributed by atoms with E-state index < -0.39 is 0 Å². The molecule has 0 aliphatic carbocycles. The molecule has 0 fully saturated rings. The van der Waals surface area contributed by atoms with Crippen LogP contribution in [0.4, 0.5) is 10.5 Å². The Morgan fingerprint density at radius 3 is 2.78 bits per heavy atom. The quantitative estimate of drug-likeness (QED) is 0.706. The van der Waals surface area contributed by atoms with E-state index in [0.717, 1.165) is 9.26 Å². The molecule has 0 spiro atoms. The van der Waals surface area contributed by atoms with Crippen molar-refractivity contribution in [3.8, 4) is 0 Å². The van der Waals surface area contributed by atoms with Crippen molar-refractivity contribution in [1.82, 2.24) is 5.32 Å². The van der Waals surface area contributed by atoms with E-state index in [4.69, 9.17) is 0 Å². The summed E-state index contributed by atoms with van der Waals surface area (Å²) in [5.74, 6) is 0.256. The first-order valence-electron chi connectivity index (χ1n) is 5.96. The zero-order valence-corrected chi connectivity index (χ0v) is 12.8. The van der Waals surface area contributed by atoms with E-state index in [2.05, 4.69) is 33.2 Å². The van der Waals surface area contributed by atoms with Gasteiger partial charge >= 0.3 is 6.03 Å². The Hall–Kier alpha value is -0.820. The van der Waals surface area contributed by atoms with Crippen LogP contribution in [0.2, 0.25) is 0 Å². The first-order chi connectivity index (χ1) is 8.47. The molecule has 0 bridgehead atoms. The van der Waals surface area contributed by atoms with Gasteiger partial charge in [-0.3, -0.25) is 0 Å². The predicted octanol–water partition coefficient (Wildman–Crippen LogP) is 2.82. The Labute approximate surface area is 121 Å². The molecular weight excluding hydrogens is 343 g/mol. The van der Waals surface area contributed by atoms with Crippen molar-refractivity contribution in [2.45, 2.75) is 26.4 Å². The Balaban J connectivity index is 2.34. The van der Waals surface area contributed by atoms with E-state index in [9.17, 15) is 9.90 Å². The number of hydrogen-bond donors (Lipinski definition) is 3. The number of aliphatic hydroxyl groups is 1. The molecule has 0 saturated carbocycles. The van der Waals surface area contributed by atoms with Crippen molar-refractivity contribution in [1.29, 1.82) is 0 Å². The maximum Gasteiger partial charge on any atom is 0.319 e. The molecule has 0 aliphatic heterocycles. The summed E-state index contributed by atoms with van der Waals surface area (Å²) >= 11 is 2.20. The minimum atomic E-state index is -0.333. The number of urea groups is 1. The second kappa shape index (κ2) is 7.58. The van der Waals surface area contributed by atoms with Crippen LogP contribution < -0.4 is 10.6 Å². The molecule has 0 saturated heterocycles. The van der Waals surface area contributed by atoms with Gasteiger partial charge in [0.05, 0.1) is 6.10 Å². The van der Waals surface area contributed by atoms with Gasteiger partial charge in [-0.2, -0.15) is 0 Å². The number of rotatable bonds is 5. The lowest BCUT2D eigenvalue weighted by Gasteiger charge is -2.14. The summed E-state index contributed by atoms with van der Waals surface area (Å²) in [7, 11) is 0. The summed E-state index contributed by atoms with van der Waals surface area (Å²) in [6.07, 6.45) is 0.351. The lowest BCUT2D eigenvalue weighted by molar-refractivity contribution is 0.163. The molecule has 18 heavy (non-hydrogen) atoms. The van der Waals surface area contributed by atoms with Gasteiger partial charge in [-0.15, -0.1) is 0 Å². The van der Waals surface area contributed by atoms with E-state index in [1.165, 1.54) is 0 Å². The van der Waals surface area contributed by atoms with Gasteiger partial charge in [0.1, 0.15) is 0 Å². The average Bonchev–Trinajstić information content (AvgIpc) is 2.25. The van der Waals surface area contributed by atoms with Crippen molar-refractivity contribution < 1.29 is 9.90 Å². The number of hydrogen-bond acceptors (Lipinski definition) is 2. The van der Waals surface area contributed by atoms with Gasteiger partial charge in [0, 0.05) is 15.8 Å². The molecular formula is C13H19IN2O2. The van der Waals surface area contributed by atoms with Gasteiger partial charge in [0.25, 0.3) is 0 Å². The minimum Gasteiger partial charge on any atom is -0.393 e. The fourth-order valence-electron chi connectivity index (χ4n) is 1.67. The topological polar surface area (TPSA) is 61.4 Å². The largest absolute Gasteiger partial charge is 0.393 e. The number of benzene rings is 1. The number of anilines is 1. The van der Waals surface area contributed by atoms with Crippen LogP contribution in [0.25, 0.3) is 0 Å². The average molecular weight is 362 g/mol. The summed E-state index contributed by atoms with van der Waals surface area (Å²) in [5, 5.41) is 14.8.